The second kappa shape index (κ2) is 7.70. The Morgan fingerprint density at radius 1 is 0.562 bits per heavy atom. The van der Waals surface area contributed by atoms with Gasteiger partial charge in [-0.2, -0.15) is 0 Å². The molecule has 0 bridgehead atoms. The van der Waals surface area contributed by atoms with Crippen LogP contribution in [0.3, 0.4) is 0 Å². The molecule has 32 heavy (non-hydrogen) atoms. The van der Waals surface area contributed by atoms with E-state index in [1.54, 1.807) is 0 Å². The fraction of sp³-hybridized carbons (Fsp3) is 0.0345. The molecule has 0 spiro atoms. The molecule has 0 unspecified atom stereocenters. The molecule has 0 atom stereocenters. The first-order valence-electron chi connectivity index (χ1n) is 10.7. The smallest absolute Gasteiger partial charge is 0.160 e. The summed E-state index contributed by atoms with van der Waals surface area (Å²) in [7, 11) is 0. The van der Waals surface area contributed by atoms with Gasteiger partial charge in [-0.15, -0.1) is 11.3 Å². The van der Waals surface area contributed by atoms with Crippen LogP contribution in [-0.2, 0) is 0 Å². The second-order valence-electron chi connectivity index (χ2n) is 7.94. The minimum absolute atomic E-state index is 0.764. The Labute approximate surface area is 190 Å². The average Bonchev–Trinajstić information content (AvgIpc) is 3.22. The molecule has 2 aromatic heterocycles. The van der Waals surface area contributed by atoms with E-state index in [1.165, 1.54) is 31.3 Å². The molecule has 0 aliphatic rings. The molecule has 4 aromatic carbocycles. The van der Waals surface area contributed by atoms with E-state index in [9.17, 15) is 0 Å². The van der Waals surface area contributed by atoms with Crippen LogP contribution in [0.1, 0.15) is 5.69 Å². The van der Waals surface area contributed by atoms with Crippen molar-refractivity contribution in [3.05, 3.63) is 109 Å². The Bertz CT molecular complexity index is 1580. The van der Waals surface area contributed by atoms with Crippen LogP contribution in [0.25, 0.3) is 53.9 Å². The molecule has 0 saturated carbocycles. The van der Waals surface area contributed by atoms with E-state index in [1.807, 2.05) is 24.3 Å². The predicted molar refractivity (Wildman–Crippen MR) is 136 cm³/mol. The zero-order valence-corrected chi connectivity index (χ0v) is 18.4. The third-order valence-electron chi connectivity index (χ3n) is 5.78. The van der Waals surface area contributed by atoms with Gasteiger partial charge in [-0.25, -0.2) is 9.97 Å². The predicted octanol–water partition coefficient (Wildman–Crippen LogP) is 8.15. The number of aromatic nitrogens is 2. The van der Waals surface area contributed by atoms with Gasteiger partial charge in [0.2, 0.25) is 0 Å². The molecular weight excluding hydrogens is 408 g/mol. The first kappa shape index (κ1) is 18.9. The molecule has 0 amide bonds. The van der Waals surface area contributed by atoms with E-state index in [0.717, 1.165) is 28.3 Å². The van der Waals surface area contributed by atoms with Crippen molar-refractivity contribution in [1.82, 2.24) is 9.97 Å². The van der Waals surface area contributed by atoms with Crippen molar-refractivity contribution in [1.29, 1.82) is 0 Å². The van der Waals surface area contributed by atoms with Gasteiger partial charge < -0.3 is 0 Å². The topological polar surface area (TPSA) is 25.8 Å². The molecular formula is C29H20N2S. The summed E-state index contributed by atoms with van der Waals surface area (Å²) < 4.78 is 2.60. The number of hydrogen-bond acceptors (Lipinski definition) is 3. The lowest BCUT2D eigenvalue weighted by molar-refractivity contribution is 1.12. The van der Waals surface area contributed by atoms with Gasteiger partial charge in [0.25, 0.3) is 0 Å². The maximum atomic E-state index is 5.02. The third-order valence-corrected chi connectivity index (χ3v) is 6.93. The molecule has 152 valence electrons. The quantitative estimate of drug-likeness (QED) is 0.284. The Balaban J connectivity index is 1.52. The first-order valence-corrected chi connectivity index (χ1v) is 11.5. The fourth-order valence-corrected chi connectivity index (χ4v) is 5.36. The highest BCUT2D eigenvalue weighted by atomic mass is 32.1. The molecule has 0 saturated heterocycles. The molecule has 6 rings (SSSR count). The number of benzene rings is 4. The van der Waals surface area contributed by atoms with Gasteiger partial charge in [-0.3, -0.25) is 0 Å². The van der Waals surface area contributed by atoms with Crippen LogP contribution in [0.2, 0.25) is 0 Å². The minimum Gasteiger partial charge on any atom is -0.233 e. The number of nitrogens with zero attached hydrogens (tertiary/aromatic N) is 2. The van der Waals surface area contributed by atoms with Gasteiger partial charge in [0.1, 0.15) is 0 Å². The van der Waals surface area contributed by atoms with E-state index in [4.69, 9.17) is 9.97 Å². The van der Waals surface area contributed by atoms with Crippen molar-refractivity contribution in [3.8, 4) is 33.8 Å². The van der Waals surface area contributed by atoms with Gasteiger partial charge in [0.15, 0.2) is 5.82 Å². The maximum Gasteiger partial charge on any atom is 0.160 e. The molecule has 6 aromatic rings. The Morgan fingerprint density at radius 2 is 1.28 bits per heavy atom. The van der Waals surface area contributed by atoms with Crippen molar-refractivity contribution < 1.29 is 0 Å². The average molecular weight is 429 g/mol. The van der Waals surface area contributed by atoms with Gasteiger partial charge in [-0.1, -0.05) is 72.8 Å². The van der Waals surface area contributed by atoms with Crippen LogP contribution in [-0.4, -0.2) is 9.97 Å². The lowest BCUT2D eigenvalue weighted by atomic mass is 9.97. The largest absolute Gasteiger partial charge is 0.233 e. The Morgan fingerprint density at radius 3 is 2.16 bits per heavy atom. The van der Waals surface area contributed by atoms with Gasteiger partial charge in [0, 0.05) is 37.0 Å². The number of aryl methyl sites for hydroxylation is 1. The van der Waals surface area contributed by atoms with Crippen molar-refractivity contribution in [2.45, 2.75) is 6.92 Å². The third kappa shape index (κ3) is 3.28. The van der Waals surface area contributed by atoms with Crippen molar-refractivity contribution in [3.63, 3.8) is 0 Å². The molecule has 0 aliphatic heterocycles. The SMILES string of the molecule is Cc1cc(-c2ccccc2-c2ccccc2)nc(-c2ccc3sc4ccccc4c3c2)n1. The van der Waals surface area contributed by atoms with Gasteiger partial charge in [0.05, 0.1) is 5.69 Å². The fourth-order valence-electron chi connectivity index (χ4n) is 4.28. The van der Waals surface area contributed by atoms with Gasteiger partial charge in [-0.05, 0) is 48.4 Å². The molecule has 0 radical (unpaired) electrons. The summed E-state index contributed by atoms with van der Waals surface area (Å²) in [5.74, 6) is 0.764. The summed E-state index contributed by atoms with van der Waals surface area (Å²) in [6, 6.07) is 36.1. The Hall–Kier alpha value is -3.82. The van der Waals surface area contributed by atoms with E-state index in [-0.39, 0.29) is 0 Å². The van der Waals surface area contributed by atoms with Crippen LogP contribution in [0.4, 0.5) is 0 Å². The van der Waals surface area contributed by atoms with E-state index in [0.29, 0.717) is 0 Å². The summed E-state index contributed by atoms with van der Waals surface area (Å²) >= 11 is 1.83. The van der Waals surface area contributed by atoms with Crippen LogP contribution in [0.15, 0.2) is 103 Å². The summed E-state index contributed by atoms with van der Waals surface area (Å²) in [5.41, 5.74) is 6.43. The number of hydrogen-bond donors (Lipinski definition) is 0. The van der Waals surface area contributed by atoms with E-state index in [2.05, 4.69) is 97.1 Å². The monoisotopic (exact) mass is 428 g/mol. The van der Waals surface area contributed by atoms with Crippen molar-refractivity contribution in [2.24, 2.45) is 0 Å². The first-order chi connectivity index (χ1) is 15.8. The zero-order valence-electron chi connectivity index (χ0n) is 17.6. The van der Waals surface area contributed by atoms with E-state index < -0.39 is 0 Å². The molecule has 2 heterocycles. The summed E-state index contributed by atoms with van der Waals surface area (Å²) in [5, 5.41) is 2.55. The standard InChI is InChI=1S/C29H20N2S/c1-19-17-26(23-12-6-5-11-22(23)20-9-3-2-4-10-20)31-29(30-19)21-15-16-28-25(18-21)24-13-7-8-14-27(24)32-28/h2-18H,1H3. The second-order valence-corrected chi connectivity index (χ2v) is 9.02. The van der Waals surface area contributed by atoms with Crippen LogP contribution >= 0.6 is 11.3 Å². The lowest BCUT2D eigenvalue weighted by Gasteiger charge is -2.11. The minimum atomic E-state index is 0.764. The molecule has 0 fully saturated rings. The Kier molecular flexibility index (Phi) is 4.55. The highest BCUT2D eigenvalue weighted by molar-refractivity contribution is 7.25. The molecule has 3 heteroatoms. The number of thiophene rings is 1. The number of fused-ring (bicyclic) bond motifs is 3. The highest BCUT2D eigenvalue weighted by Gasteiger charge is 2.13. The summed E-state index contributed by atoms with van der Waals surface area (Å²) in [6.45, 7) is 2.04. The van der Waals surface area contributed by atoms with Crippen LogP contribution in [0.5, 0.6) is 0 Å². The lowest BCUT2D eigenvalue weighted by Crippen LogP contribution is -1.96. The maximum absolute atomic E-state index is 5.02. The van der Waals surface area contributed by atoms with Gasteiger partial charge >= 0.3 is 0 Å². The van der Waals surface area contributed by atoms with Crippen molar-refractivity contribution >= 4 is 31.5 Å². The normalized spacial score (nSPS) is 11.3. The molecule has 0 N–H and O–H groups in total. The zero-order chi connectivity index (χ0) is 21.5. The molecule has 2 nitrogen and oxygen atoms in total. The summed E-state index contributed by atoms with van der Waals surface area (Å²) in [4.78, 5) is 9.82. The molecule has 0 aliphatic carbocycles. The van der Waals surface area contributed by atoms with Crippen LogP contribution < -0.4 is 0 Å². The summed E-state index contributed by atoms with van der Waals surface area (Å²) in [6.07, 6.45) is 0. The highest BCUT2D eigenvalue weighted by Crippen LogP contribution is 2.36. The van der Waals surface area contributed by atoms with E-state index >= 15 is 0 Å². The number of rotatable bonds is 3. The van der Waals surface area contributed by atoms with Crippen LogP contribution in [0, 0.1) is 6.92 Å². The van der Waals surface area contributed by atoms with Crippen molar-refractivity contribution in [2.75, 3.05) is 0 Å².